The average molecular weight is 306 g/mol. The maximum absolute atomic E-state index is 12.2. The molecule has 1 amide bonds. The molecule has 2 rings (SSSR count). The van der Waals surface area contributed by atoms with E-state index in [1.807, 2.05) is 13.8 Å². The lowest BCUT2D eigenvalue weighted by Gasteiger charge is -2.11. The van der Waals surface area contributed by atoms with E-state index in [2.05, 4.69) is 5.32 Å². The number of amides is 1. The Morgan fingerprint density at radius 3 is 2.67 bits per heavy atom. The van der Waals surface area contributed by atoms with Gasteiger partial charge < -0.3 is 15.2 Å². The van der Waals surface area contributed by atoms with Crippen LogP contribution in [0.1, 0.15) is 24.2 Å². The van der Waals surface area contributed by atoms with Gasteiger partial charge >= 0.3 is 0 Å². The molecule has 21 heavy (non-hydrogen) atoms. The molecule has 0 saturated heterocycles. The molecule has 2 aromatic carbocycles. The highest BCUT2D eigenvalue weighted by molar-refractivity contribution is 6.34. The van der Waals surface area contributed by atoms with Gasteiger partial charge in [-0.1, -0.05) is 17.7 Å². The highest BCUT2D eigenvalue weighted by Crippen LogP contribution is 2.26. The first kappa shape index (κ1) is 15.2. The summed E-state index contributed by atoms with van der Waals surface area (Å²) in [4.78, 5) is 12.2. The Morgan fingerprint density at radius 1 is 1.24 bits per heavy atom. The molecule has 0 atom stereocenters. The van der Waals surface area contributed by atoms with Gasteiger partial charge in [-0.25, -0.2) is 0 Å². The molecule has 4 nitrogen and oxygen atoms in total. The predicted octanol–water partition coefficient (Wildman–Crippen LogP) is 4.09. The van der Waals surface area contributed by atoms with Gasteiger partial charge in [0.1, 0.15) is 11.5 Å². The van der Waals surface area contributed by atoms with E-state index in [1.54, 1.807) is 30.3 Å². The fourth-order valence-electron chi connectivity index (χ4n) is 1.78. The van der Waals surface area contributed by atoms with E-state index in [9.17, 15) is 9.90 Å². The summed E-state index contributed by atoms with van der Waals surface area (Å²) in [5, 5.41) is 12.3. The SMILES string of the molecule is CC(C)Oc1cccc(C(=O)Nc2ccc(O)cc2Cl)c1. The molecule has 0 bridgehead atoms. The average Bonchev–Trinajstić information content (AvgIpc) is 2.41. The van der Waals surface area contributed by atoms with Crippen LogP contribution in [0, 0.1) is 0 Å². The van der Waals surface area contributed by atoms with E-state index in [0.717, 1.165) is 0 Å². The van der Waals surface area contributed by atoms with Crippen molar-refractivity contribution < 1.29 is 14.6 Å². The molecule has 0 aromatic heterocycles. The number of benzene rings is 2. The van der Waals surface area contributed by atoms with E-state index >= 15 is 0 Å². The minimum absolute atomic E-state index is 0.0369. The molecule has 0 aliphatic heterocycles. The van der Waals surface area contributed by atoms with Gasteiger partial charge in [-0.15, -0.1) is 0 Å². The van der Waals surface area contributed by atoms with Gasteiger partial charge in [-0.05, 0) is 44.2 Å². The largest absolute Gasteiger partial charge is 0.508 e. The monoisotopic (exact) mass is 305 g/mol. The summed E-state index contributed by atoms with van der Waals surface area (Å²) in [5.41, 5.74) is 0.909. The molecule has 0 unspecified atom stereocenters. The van der Waals surface area contributed by atoms with Crippen molar-refractivity contribution in [2.24, 2.45) is 0 Å². The molecule has 2 aromatic rings. The Hall–Kier alpha value is -2.20. The number of phenolic OH excluding ortho intramolecular Hbond substituents is 1. The molecule has 0 aliphatic rings. The maximum Gasteiger partial charge on any atom is 0.255 e. The van der Waals surface area contributed by atoms with Crippen LogP contribution >= 0.6 is 11.6 Å². The highest BCUT2D eigenvalue weighted by atomic mass is 35.5. The van der Waals surface area contributed by atoms with E-state index in [4.69, 9.17) is 16.3 Å². The molecule has 0 radical (unpaired) electrons. The Balaban J connectivity index is 2.16. The highest BCUT2D eigenvalue weighted by Gasteiger charge is 2.10. The Morgan fingerprint density at radius 2 is 2.00 bits per heavy atom. The molecule has 0 heterocycles. The lowest BCUT2D eigenvalue weighted by atomic mass is 10.2. The lowest BCUT2D eigenvalue weighted by Crippen LogP contribution is -2.13. The zero-order chi connectivity index (χ0) is 15.4. The van der Waals surface area contributed by atoms with Crippen LogP contribution < -0.4 is 10.1 Å². The van der Waals surface area contributed by atoms with E-state index in [-0.39, 0.29) is 22.8 Å². The summed E-state index contributed by atoms with van der Waals surface area (Å²) >= 11 is 5.96. The lowest BCUT2D eigenvalue weighted by molar-refractivity contribution is 0.102. The fraction of sp³-hybridized carbons (Fsp3) is 0.188. The fourth-order valence-corrected chi connectivity index (χ4v) is 2.00. The number of rotatable bonds is 4. The van der Waals surface area contributed by atoms with Crippen molar-refractivity contribution >= 4 is 23.2 Å². The van der Waals surface area contributed by atoms with Crippen LogP contribution in [0.5, 0.6) is 11.5 Å². The van der Waals surface area contributed by atoms with Gasteiger partial charge in [-0.2, -0.15) is 0 Å². The number of nitrogens with one attached hydrogen (secondary N) is 1. The number of hydrogen-bond acceptors (Lipinski definition) is 3. The van der Waals surface area contributed by atoms with E-state index in [0.29, 0.717) is 17.0 Å². The number of phenols is 1. The van der Waals surface area contributed by atoms with Gasteiger partial charge in [0, 0.05) is 11.6 Å². The van der Waals surface area contributed by atoms with Crippen LogP contribution in [0.4, 0.5) is 5.69 Å². The molecular weight excluding hydrogens is 290 g/mol. The van der Waals surface area contributed by atoms with Crippen molar-refractivity contribution in [1.82, 2.24) is 0 Å². The standard InChI is InChI=1S/C16H16ClNO3/c1-10(2)21-13-5-3-4-11(8-13)16(20)18-15-7-6-12(19)9-14(15)17/h3-10,19H,1-2H3,(H,18,20). The number of anilines is 1. The quantitative estimate of drug-likeness (QED) is 0.837. The van der Waals surface area contributed by atoms with Crippen molar-refractivity contribution in [1.29, 1.82) is 0 Å². The summed E-state index contributed by atoms with van der Waals surface area (Å²) in [6.45, 7) is 3.84. The third-order valence-electron chi connectivity index (χ3n) is 2.67. The third kappa shape index (κ3) is 4.13. The minimum Gasteiger partial charge on any atom is -0.508 e. The zero-order valence-corrected chi connectivity index (χ0v) is 12.5. The van der Waals surface area contributed by atoms with Crippen LogP contribution in [-0.2, 0) is 0 Å². The number of aromatic hydroxyl groups is 1. The number of halogens is 1. The number of carbonyl (C=O) groups is 1. The molecular formula is C16H16ClNO3. The van der Waals surface area contributed by atoms with Crippen molar-refractivity contribution in [3.05, 3.63) is 53.1 Å². The Bertz CT molecular complexity index is 656. The Labute approximate surface area is 128 Å². The van der Waals surface area contributed by atoms with Crippen molar-refractivity contribution in [2.75, 3.05) is 5.32 Å². The van der Waals surface area contributed by atoms with Gasteiger partial charge in [0.15, 0.2) is 0 Å². The number of hydrogen-bond donors (Lipinski definition) is 2. The van der Waals surface area contributed by atoms with Gasteiger partial charge in [-0.3, -0.25) is 4.79 Å². The summed E-state index contributed by atoms with van der Waals surface area (Å²) in [6.07, 6.45) is 0.0369. The number of carbonyl (C=O) groups excluding carboxylic acids is 1. The third-order valence-corrected chi connectivity index (χ3v) is 2.98. The smallest absolute Gasteiger partial charge is 0.255 e. The van der Waals surface area contributed by atoms with Crippen molar-refractivity contribution in [3.8, 4) is 11.5 Å². The van der Waals surface area contributed by atoms with E-state index < -0.39 is 0 Å². The Kier molecular flexibility index (Phi) is 4.70. The summed E-state index contributed by atoms with van der Waals surface area (Å²) in [6, 6.07) is 11.3. The molecule has 110 valence electrons. The van der Waals surface area contributed by atoms with Crippen LogP contribution in [0.25, 0.3) is 0 Å². The van der Waals surface area contributed by atoms with Gasteiger partial charge in [0.2, 0.25) is 0 Å². The van der Waals surface area contributed by atoms with Crippen LogP contribution in [-0.4, -0.2) is 17.1 Å². The van der Waals surface area contributed by atoms with Crippen LogP contribution in [0.2, 0.25) is 5.02 Å². The normalized spacial score (nSPS) is 10.5. The van der Waals surface area contributed by atoms with Gasteiger partial charge in [0.05, 0.1) is 16.8 Å². The molecule has 0 spiro atoms. The second-order valence-corrected chi connectivity index (χ2v) is 5.22. The van der Waals surface area contributed by atoms with Gasteiger partial charge in [0.25, 0.3) is 5.91 Å². The van der Waals surface area contributed by atoms with Crippen LogP contribution in [0.15, 0.2) is 42.5 Å². The van der Waals surface area contributed by atoms with Crippen LogP contribution in [0.3, 0.4) is 0 Å². The summed E-state index contributed by atoms with van der Waals surface area (Å²) < 4.78 is 5.56. The molecule has 0 aliphatic carbocycles. The predicted molar refractivity (Wildman–Crippen MR) is 83.3 cm³/mol. The molecule has 0 saturated carbocycles. The maximum atomic E-state index is 12.2. The first-order valence-electron chi connectivity index (χ1n) is 6.52. The molecule has 2 N–H and O–H groups in total. The van der Waals surface area contributed by atoms with Crippen molar-refractivity contribution in [3.63, 3.8) is 0 Å². The van der Waals surface area contributed by atoms with Crippen molar-refractivity contribution in [2.45, 2.75) is 20.0 Å². The summed E-state index contributed by atoms with van der Waals surface area (Å²) in [7, 11) is 0. The number of ether oxygens (including phenoxy) is 1. The first-order valence-corrected chi connectivity index (χ1v) is 6.90. The second kappa shape index (κ2) is 6.50. The minimum atomic E-state index is -0.295. The molecule has 5 heteroatoms. The summed E-state index contributed by atoms with van der Waals surface area (Å²) in [5.74, 6) is 0.386. The topological polar surface area (TPSA) is 58.6 Å². The zero-order valence-electron chi connectivity index (χ0n) is 11.8. The first-order chi connectivity index (χ1) is 9.95. The second-order valence-electron chi connectivity index (χ2n) is 4.81. The van der Waals surface area contributed by atoms with E-state index in [1.165, 1.54) is 12.1 Å². The molecule has 0 fully saturated rings.